The van der Waals surface area contributed by atoms with Crippen molar-refractivity contribution in [2.45, 2.75) is 50.2 Å². The summed E-state index contributed by atoms with van der Waals surface area (Å²) in [4.78, 5) is 54.0. The molecule has 0 spiro atoms. The van der Waals surface area contributed by atoms with E-state index in [0.29, 0.717) is 37.9 Å². The quantitative estimate of drug-likeness (QED) is 0.548. The Bertz CT molecular complexity index is 718. The molecule has 4 N–H and O–H groups in total. The number of hydrogen-bond donors (Lipinski definition) is 3. The minimum atomic E-state index is -0.859. The SMILES string of the molecule is Cl.Cl.NC(=O)[C@@H]1CCCN1C(=O)[C@H](Cc1cscn1)NC(=O)[C@@H]1CCC(=O)N1. The standard InChI is InChI=1S/C16H21N5O4S.2ClH/c17-14(23)12-2-1-5-21(12)16(25)11(6-9-7-26-8-18-9)20-15(24)10-3-4-13(22)19-10;;/h7-8,10-12H,1-6H2,(H2,17,23)(H,19,22)(H,20,24);2*1H/t10-,11-,12-;;/m0../s1. The fourth-order valence-electron chi connectivity index (χ4n) is 3.36. The Labute approximate surface area is 178 Å². The molecule has 0 bridgehead atoms. The highest BCUT2D eigenvalue weighted by atomic mass is 35.5. The van der Waals surface area contributed by atoms with Crippen LogP contribution in [0.5, 0.6) is 0 Å². The molecule has 3 heterocycles. The van der Waals surface area contributed by atoms with E-state index in [2.05, 4.69) is 15.6 Å². The molecule has 0 unspecified atom stereocenters. The average Bonchev–Trinajstić information content (AvgIpc) is 3.34. The van der Waals surface area contributed by atoms with Gasteiger partial charge in [0.05, 0.1) is 11.2 Å². The van der Waals surface area contributed by atoms with Gasteiger partial charge in [0.1, 0.15) is 18.1 Å². The molecule has 0 saturated carbocycles. The van der Waals surface area contributed by atoms with Crippen LogP contribution in [0.2, 0.25) is 0 Å². The van der Waals surface area contributed by atoms with Crippen LogP contribution in [0.25, 0.3) is 0 Å². The molecule has 12 heteroatoms. The van der Waals surface area contributed by atoms with E-state index in [1.807, 2.05) is 0 Å². The van der Waals surface area contributed by atoms with E-state index in [4.69, 9.17) is 5.73 Å². The molecule has 1 aromatic heterocycles. The number of nitrogens with one attached hydrogen (secondary N) is 2. The molecule has 0 aliphatic carbocycles. The summed E-state index contributed by atoms with van der Waals surface area (Å²) in [5.74, 6) is -1.48. The molecule has 28 heavy (non-hydrogen) atoms. The van der Waals surface area contributed by atoms with Crippen LogP contribution in [0, 0.1) is 0 Å². The van der Waals surface area contributed by atoms with Crippen LogP contribution in [0.3, 0.4) is 0 Å². The summed E-state index contributed by atoms with van der Waals surface area (Å²) in [5.41, 5.74) is 7.73. The maximum absolute atomic E-state index is 13.0. The Morgan fingerprint density at radius 2 is 2.11 bits per heavy atom. The fraction of sp³-hybridized carbons (Fsp3) is 0.562. The first-order valence-electron chi connectivity index (χ1n) is 8.52. The third-order valence-corrected chi connectivity index (χ3v) is 5.32. The lowest BCUT2D eigenvalue weighted by atomic mass is 10.1. The van der Waals surface area contributed by atoms with Crippen molar-refractivity contribution in [3.63, 3.8) is 0 Å². The van der Waals surface area contributed by atoms with Gasteiger partial charge in [0, 0.05) is 24.8 Å². The minimum Gasteiger partial charge on any atom is -0.368 e. The number of thiazole rings is 1. The second-order valence-corrected chi connectivity index (χ2v) is 7.21. The van der Waals surface area contributed by atoms with Gasteiger partial charge in [0.2, 0.25) is 23.6 Å². The summed E-state index contributed by atoms with van der Waals surface area (Å²) < 4.78 is 0. The smallest absolute Gasteiger partial charge is 0.246 e. The molecule has 3 rings (SSSR count). The van der Waals surface area contributed by atoms with Crippen molar-refractivity contribution in [2.75, 3.05) is 6.54 Å². The molecular weight excluding hydrogens is 429 g/mol. The summed E-state index contributed by atoms with van der Waals surface area (Å²) in [6.07, 6.45) is 2.12. The lowest BCUT2D eigenvalue weighted by Crippen LogP contribution is -2.56. The lowest BCUT2D eigenvalue weighted by molar-refractivity contribution is -0.140. The maximum Gasteiger partial charge on any atom is 0.246 e. The fourth-order valence-corrected chi connectivity index (χ4v) is 3.93. The number of carbonyl (C=O) groups is 4. The minimum absolute atomic E-state index is 0. The van der Waals surface area contributed by atoms with Crippen molar-refractivity contribution in [3.8, 4) is 0 Å². The Morgan fingerprint density at radius 1 is 1.36 bits per heavy atom. The Balaban J connectivity index is 0.00000196. The van der Waals surface area contributed by atoms with Crippen LogP contribution in [0.4, 0.5) is 0 Å². The zero-order valence-electron chi connectivity index (χ0n) is 15.0. The number of halogens is 2. The van der Waals surface area contributed by atoms with Gasteiger partial charge in [-0.15, -0.1) is 36.2 Å². The van der Waals surface area contributed by atoms with Crippen LogP contribution in [0.15, 0.2) is 10.9 Å². The number of rotatable bonds is 6. The van der Waals surface area contributed by atoms with Crippen molar-refractivity contribution in [1.29, 1.82) is 0 Å². The zero-order chi connectivity index (χ0) is 18.7. The van der Waals surface area contributed by atoms with E-state index in [9.17, 15) is 19.2 Å². The van der Waals surface area contributed by atoms with E-state index in [1.165, 1.54) is 16.2 Å². The molecule has 3 atom stereocenters. The van der Waals surface area contributed by atoms with Crippen LogP contribution < -0.4 is 16.4 Å². The van der Waals surface area contributed by atoms with E-state index in [0.717, 1.165) is 0 Å². The number of likely N-dealkylation sites (tertiary alicyclic amines) is 1. The van der Waals surface area contributed by atoms with Gasteiger partial charge in [-0.25, -0.2) is 4.98 Å². The number of nitrogens with zero attached hydrogens (tertiary/aromatic N) is 2. The number of primary amides is 1. The van der Waals surface area contributed by atoms with E-state index in [-0.39, 0.29) is 43.0 Å². The van der Waals surface area contributed by atoms with Crippen LogP contribution in [0.1, 0.15) is 31.4 Å². The number of aromatic nitrogens is 1. The topological polar surface area (TPSA) is 134 Å². The first-order chi connectivity index (χ1) is 12.5. The second kappa shape index (κ2) is 10.6. The molecule has 2 aliphatic heterocycles. The number of nitrogens with two attached hydrogens (primary N) is 1. The summed E-state index contributed by atoms with van der Waals surface area (Å²) in [7, 11) is 0. The molecule has 0 aromatic carbocycles. The molecule has 156 valence electrons. The summed E-state index contributed by atoms with van der Waals surface area (Å²) in [6.45, 7) is 0.427. The van der Waals surface area contributed by atoms with E-state index >= 15 is 0 Å². The van der Waals surface area contributed by atoms with Crippen molar-refractivity contribution in [1.82, 2.24) is 20.5 Å². The monoisotopic (exact) mass is 451 g/mol. The van der Waals surface area contributed by atoms with Gasteiger partial charge in [0.15, 0.2) is 0 Å². The maximum atomic E-state index is 13.0. The first-order valence-corrected chi connectivity index (χ1v) is 9.46. The predicted molar refractivity (Wildman–Crippen MR) is 107 cm³/mol. The van der Waals surface area contributed by atoms with Gasteiger partial charge in [-0.3, -0.25) is 19.2 Å². The molecule has 1 aromatic rings. The average molecular weight is 452 g/mol. The molecule has 2 fully saturated rings. The van der Waals surface area contributed by atoms with Gasteiger partial charge in [0.25, 0.3) is 0 Å². The van der Waals surface area contributed by atoms with Crippen molar-refractivity contribution in [3.05, 3.63) is 16.6 Å². The Kier molecular flexibility index (Phi) is 9.12. The van der Waals surface area contributed by atoms with Gasteiger partial charge in [-0.2, -0.15) is 0 Å². The van der Waals surface area contributed by atoms with Crippen molar-refractivity contribution < 1.29 is 19.2 Å². The number of carbonyl (C=O) groups excluding carboxylic acids is 4. The van der Waals surface area contributed by atoms with E-state index < -0.39 is 29.9 Å². The normalized spacial score (nSPS) is 21.9. The number of amides is 4. The lowest BCUT2D eigenvalue weighted by Gasteiger charge is -2.28. The summed E-state index contributed by atoms with van der Waals surface area (Å²) in [6, 6.07) is -2.15. The second-order valence-electron chi connectivity index (χ2n) is 6.50. The van der Waals surface area contributed by atoms with Crippen LogP contribution in [-0.4, -0.2) is 58.2 Å². The molecule has 2 aliphatic rings. The number of hydrogen-bond acceptors (Lipinski definition) is 6. The van der Waals surface area contributed by atoms with Gasteiger partial charge >= 0.3 is 0 Å². The first kappa shape index (κ1) is 24.1. The van der Waals surface area contributed by atoms with Gasteiger partial charge in [-0.05, 0) is 19.3 Å². The zero-order valence-corrected chi connectivity index (χ0v) is 17.4. The molecule has 9 nitrogen and oxygen atoms in total. The Morgan fingerprint density at radius 3 is 2.68 bits per heavy atom. The van der Waals surface area contributed by atoms with Crippen LogP contribution >= 0.6 is 36.2 Å². The summed E-state index contributed by atoms with van der Waals surface area (Å²) in [5, 5.41) is 7.12. The third kappa shape index (κ3) is 5.55. The van der Waals surface area contributed by atoms with Gasteiger partial charge in [-0.1, -0.05) is 0 Å². The highest BCUT2D eigenvalue weighted by molar-refractivity contribution is 7.07. The highest BCUT2D eigenvalue weighted by Gasteiger charge is 2.38. The highest BCUT2D eigenvalue weighted by Crippen LogP contribution is 2.19. The predicted octanol–water partition coefficient (Wildman–Crippen LogP) is -0.231. The molecule has 0 radical (unpaired) electrons. The Hall–Kier alpha value is -1.91. The van der Waals surface area contributed by atoms with E-state index in [1.54, 1.807) is 10.9 Å². The van der Waals surface area contributed by atoms with Crippen molar-refractivity contribution in [2.24, 2.45) is 5.73 Å². The third-order valence-electron chi connectivity index (χ3n) is 4.69. The van der Waals surface area contributed by atoms with Crippen molar-refractivity contribution >= 4 is 59.8 Å². The molecule has 2 saturated heterocycles. The van der Waals surface area contributed by atoms with Gasteiger partial charge < -0.3 is 21.3 Å². The van der Waals surface area contributed by atoms with Crippen LogP contribution in [-0.2, 0) is 25.6 Å². The molecular formula is C16H23Cl2N5O4S. The largest absolute Gasteiger partial charge is 0.368 e. The molecule has 4 amide bonds. The summed E-state index contributed by atoms with van der Waals surface area (Å²) >= 11 is 1.40.